The van der Waals surface area contributed by atoms with Crippen LogP contribution >= 0.6 is 35.3 Å². The molecular weight excluding hydrogens is 507 g/mol. The van der Waals surface area contributed by atoms with Crippen LogP contribution in [0, 0.1) is 0 Å². The number of nitrogens with zero attached hydrogens (tertiary/aromatic N) is 4. The lowest BCUT2D eigenvalue weighted by atomic mass is 10.1. The Morgan fingerprint density at radius 1 is 1.17 bits per heavy atom. The first-order valence-corrected chi connectivity index (χ1v) is 11.0. The lowest BCUT2D eigenvalue weighted by molar-refractivity contribution is 0.600. The van der Waals surface area contributed by atoms with Crippen LogP contribution in [0.5, 0.6) is 0 Å². The zero-order valence-electron chi connectivity index (χ0n) is 17.8. The van der Waals surface area contributed by atoms with Crippen LogP contribution in [0.2, 0.25) is 0 Å². The highest BCUT2D eigenvalue weighted by molar-refractivity contribution is 14.0. The fourth-order valence-electron chi connectivity index (χ4n) is 3.02. The van der Waals surface area contributed by atoms with Crippen molar-refractivity contribution in [3.63, 3.8) is 0 Å². The van der Waals surface area contributed by atoms with Crippen molar-refractivity contribution in [1.29, 1.82) is 0 Å². The van der Waals surface area contributed by atoms with Gasteiger partial charge in [-0.1, -0.05) is 44.2 Å². The van der Waals surface area contributed by atoms with E-state index in [1.807, 2.05) is 12.4 Å². The lowest BCUT2D eigenvalue weighted by Crippen LogP contribution is -2.37. The first kappa shape index (κ1) is 24.3. The second kappa shape index (κ2) is 12.7. The molecule has 0 fully saturated rings. The molecule has 0 amide bonds. The van der Waals surface area contributed by atoms with Gasteiger partial charge in [0.25, 0.3) is 0 Å². The van der Waals surface area contributed by atoms with Crippen molar-refractivity contribution < 1.29 is 0 Å². The van der Waals surface area contributed by atoms with Gasteiger partial charge in [-0.15, -0.1) is 35.3 Å². The third kappa shape index (κ3) is 7.39. The first-order valence-electron chi connectivity index (χ1n) is 10.1. The normalized spacial score (nSPS) is 11.4. The number of thiazole rings is 1. The maximum atomic E-state index is 4.66. The molecule has 2 heterocycles. The quantitative estimate of drug-likeness (QED) is 0.238. The topological polar surface area (TPSA) is 67.1 Å². The highest BCUT2D eigenvalue weighted by Gasteiger charge is 2.08. The second-order valence-corrected chi connectivity index (χ2v) is 8.17. The molecule has 0 saturated carbocycles. The molecule has 0 saturated heterocycles. The largest absolute Gasteiger partial charge is 0.350 e. The molecule has 0 spiro atoms. The molecule has 0 aliphatic heterocycles. The fraction of sp³-hybridized carbons (Fsp3) is 0.409. The number of guanidine groups is 1. The Bertz CT molecular complexity index is 903. The summed E-state index contributed by atoms with van der Waals surface area (Å²) in [5.41, 5.74) is 2.52. The summed E-state index contributed by atoms with van der Waals surface area (Å²) in [5.74, 6) is 2.22. The number of hydrogen-bond acceptors (Lipinski definition) is 4. The van der Waals surface area contributed by atoms with E-state index in [0.29, 0.717) is 19.0 Å². The fourth-order valence-corrected chi connectivity index (χ4v) is 3.92. The molecule has 162 valence electrons. The minimum atomic E-state index is 0. The Morgan fingerprint density at radius 2 is 1.93 bits per heavy atom. The highest BCUT2D eigenvalue weighted by Crippen LogP contribution is 2.17. The summed E-state index contributed by atoms with van der Waals surface area (Å²) in [5, 5.41) is 9.88. The maximum absolute atomic E-state index is 4.66. The van der Waals surface area contributed by atoms with E-state index < -0.39 is 0 Å². The number of halogens is 1. The van der Waals surface area contributed by atoms with E-state index in [1.165, 1.54) is 5.56 Å². The van der Waals surface area contributed by atoms with Crippen molar-refractivity contribution in [2.75, 3.05) is 7.05 Å². The summed E-state index contributed by atoms with van der Waals surface area (Å²) in [7, 11) is 1.78. The molecule has 0 atom stereocenters. The van der Waals surface area contributed by atoms with Crippen molar-refractivity contribution in [1.82, 2.24) is 25.2 Å². The summed E-state index contributed by atoms with van der Waals surface area (Å²) in [6.45, 7) is 6.58. The Labute approximate surface area is 200 Å². The number of aromatic nitrogens is 3. The van der Waals surface area contributed by atoms with Gasteiger partial charge in [0, 0.05) is 31.4 Å². The molecule has 3 rings (SSSR count). The molecule has 6 nitrogen and oxygen atoms in total. The summed E-state index contributed by atoms with van der Waals surface area (Å²) in [6.07, 6.45) is 6.06. The van der Waals surface area contributed by atoms with Gasteiger partial charge in [-0.3, -0.25) is 4.99 Å². The van der Waals surface area contributed by atoms with Gasteiger partial charge in [-0.25, -0.2) is 9.97 Å². The molecule has 1 aromatic carbocycles. The number of nitrogens with one attached hydrogen (secondary N) is 2. The Hall–Kier alpha value is -1.94. The molecule has 30 heavy (non-hydrogen) atoms. The van der Waals surface area contributed by atoms with Crippen LogP contribution < -0.4 is 10.6 Å². The Balaban J connectivity index is 0.00000320. The van der Waals surface area contributed by atoms with Gasteiger partial charge in [0.2, 0.25) is 0 Å². The summed E-state index contributed by atoms with van der Waals surface area (Å²) < 4.78 is 2.21. The number of aliphatic imine (C=N–C) groups is 1. The molecule has 8 heteroatoms. The number of benzene rings is 1. The predicted molar refractivity (Wildman–Crippen MR) is 136 cm³/mol. The molecule has 2 aromatic heterocycles. The average Bonchev–Trinajstić information content (AvgIpc) is 3.39. The van der Waals surface area contributed by atoms with Crippen molar-refractivity contribution in [3.8, 4) is 0 Å². The van der Waals surface area contributed by atoms with E-state index in [1.54, 1.807) is 18.4 Å². The Morgan fingerprint density at radius 3 is 2.63 bits per heavy atom. The number of aryl methyl sites for hydroxylation is 2. The molecule has 0 bridgehead atoms. The molecule has 0 aliphatic carbocycles. The van der Waals surface area contributed by atoms with Crippen molar-refractivity contribution >= 4 is 41.3 Å². The molecular formula is C22H31IN6S. The van der Waals surface area contributed by atoms with Crippen LogP contribution in [0.3, 0.4) is 0 Å². The van der Waals surface area contributed by atoms with Crippen LogP contribution in [-0.4, -0.2) is 27.5 Å². The van der Waals surface area contributed by atoms with Gasteiger partial charge < -0.3 is 15.2 Å². The standard InChI is InChI=1S/C22H30N6S.HI/c1-17(2)19-16-29-21(27-19)15-26-22(23-3)25-14-20-24-11-13-28(20)12-7-10-18-8-5-4-6-9-18;/h4-6,8-9,11,13,16-17H,7,10,12,14-15H2,1-3H3,(H2,23,25,26);1H. The summed E-state index contributed by atoms with van der Waals surface area (Å²) in [4.78, 5) is 13.5. The summed E-state index contributed by atoms with van der Waals surface area (Å²) >= 11 is 1.68. The number of hydrogen-bond donors (Lipinski definition) is 2. The van der Waals surface area contributed by atoms with Crippen molar-refractivity contribution in [3.05, 3.63) is 70.2 Å². The van der Waals surface area contributed by atoms with Gasteiger partial charge in [-0.2, -0.15) is 0 Å². The van der Waals surface area contributed by atoms with Crippen LogP contribution in [0.25, 0.3) is 0 Å². The highest BCUT2D eigenvalue weighted by atomic mass is 127. The lowest BCUT2D eigenvalue weighted by Gasteiger charge is -2.12. The predicted octanol–water partition coefficient (Wildman–Crippen LogP) is 4.58. The van der Waals surface area contributed by atoms with Crippen LogP contribution in [-0.2, 0) is 26.1 Å². The minimum Gasteiger partial charge on any atom is -0.350 e. The van der Waals surface area contributed by atoms with E-state index in [0.717, 1.165) is 41.9 Å². The third-order valence-corrected chi connectivity index (χ3v) is 5.58. The van der Waals surface area contributed by atoms with Gasteiger partial charge >= 0.3 is 0 Å². The molecule has 0 radical (unpaired) electrons. The third-order valence-electron chi connectivity index (χ3n) is 4.71. The van der Waals surface area contributed by atoms with Gasteiger partial charge in [0.1, 0.15) is 10.8 Å². The van der Waals surface area contributed by atoms with Crippen LogP contribution in [0.15, 0.2) is 53.1 Å². The van der Waals surface area contributed by atoms with E-state index in [-0.39, 0.29) is 24.0 Å². The van der Waals surface area contributed by atoms with E-state index >= 15 is 0 Å². The smallest absolute Gasteiger partial charge is 0.191 e. The van der Waals surface area contributed by atoms with E-state index in [2.05, 4.69) is 79.7 Å². The van der Waals surface area contributed by atoms with E-state index in [4.69, 9.17) is 0 Å². The average molecular weight is 539 g/mol. The van der Waals surface area contributed by atoms with Gasteiger partial charge in [-0.05, 0) is 24.3 Å². The Kier molecular flexibility index (Phi) is 10.3. The zero-order valence-corrected chi connectivity index (χ0v) is 21.0. The monoisotopic (exact) mass is 538 g/mol. The minimum absolute atomic E-state index is 0. The molecule has 0 aliphatic rings. The van der Waals surface area contributed by atoms with Gasteiger partial charge in [0.05, 0.1) is 18.8 Å². The van der Waals surface area contributed by atoms with Crippen molar-refractivity contribution in [2.45, 2.75) is 52.2 Å². The maximum Gasteiger partial charge on any atom is 0.191 e. The van der Waals surface area contributed by atoms with Gasteiger partial charge in [0.15, 0.2) is 5.96 Å². The SMILES string of the molecule is CN=C(NCc1nc(C(C)C)cs1)NCc1nccn1CCCc1ccccc1.I. The second-order valence-electron chi connectivity index (χ2n) is 7.23. The zero-order chi connectivity index (χ0) is 20.5. The van der Waals surface area contributed by atoms with E-state index in [9.17, 15) is 0 Å². The van der Waals surface area contributed by atoms with Crippen molar-refractivity contribution in [2.24, 2.45) is 4.99 Å². The first-order chi connectivity index (χ1) is 14.2. The van der Waals surface area contributed by atoms with Crippen LogP contribution in [0.1, 0.15) is 48.3 Å². The van der Waals surface area contributed by atoms with Crippen LogP contribution in [0.4, 0.5) is 0 Å². The summed E-state index contributed by atoms with van der Waals surface area (Å²) in [6, 6.07) is 10.6. The number of rotatable bonds is 9. The molecule has 2 N–H and O–H groups in total. The molecule has 3 aromatic rings. The molecule has 0 unspecified atom stereocenters. The number of imidazole rings is 1.